The van der Waals surface area contributed by atoms with Gasteiger partial charge < -0.3 is 15.6 Å². The Bertz CT molecular complexity index is 419. The van der Waals surface area contributed by atoms with Gasteiger partial charge in [-0.1, -0.05) is 32.6 Å². The molecule has 1 aromatic rings. The molecule has 0 aromatic carbocycles. The van der Waals surface area contributed by atoms with Crippen LogP contribution in [0.5, 0.6) is 0 Å². The number of hydrogen-bond acceptors (Lipinski definition) is 2. The van der Waals surface area contributed by atoms with Gasteiger partial charge in [0.05, 0.1) is 0 Å². The summed E-state index contributed by atoms with van der Waals surface area (Å²) >= 11 is 0. The maximum absolute atomic E-state index is 12.1. The van der Waals surface area contributed by atoms with Crippen molar-refractivity contribution >= 4 is 5.91 Å². The Labute approximate surface area is 121 Å². The molecule has 2 rings (SSSR count). The lowest BCUT2D eigenvalue weighted by molar-refractivity contribution is -0.122. The maximum Gasteiger partial charge on any atom is 0.240 e. The van der Waals surface area contributed by atoms with E-state index in [1.807, 2.05) is 23.0 Å². The molecule has 3 N–H and O–H groups in total. The lowest BCUT2D eigenvalue weighted by Gasteiger charge is -2.16. The van der Waals surface area contributed by atoms with Crippen molar-refractivity contribution in [2.45, 2.75) is 70.5 Å². The molecule has 1 atom stereocenters. The molecule has 1 aliphatic rings. The van der Waals surface area contributed by atoms with E-state index in [1.54, 1.807) is 0 Å². The van der Waals surface area contributed by atoms with Gasteiger partial charge >= 0.3 is 0 Å². The average molecular weight is 277 g/mol. The Balaban J connectivity index is 1.82. The number of rotatable bonds is 5. The molecular formula is C16H27N3O. The van der Waals surface area contributed by atoms with Crippen molar-refractivity contribution in [3.05, 3.63) is 24.0 Å². The summed E-state index contributed by atoms with van der Waals surface area (Å²) in [5.41, 5.74) is 7.10. The molecule has 4 heteroatoms. The fourth-order valence-electron chi connectivity index (χ4n) is 2.88. The molecular weight excluding hydrogens is 250 g/mol. The van der Waals surface area contributed by atoms with E-state index >= 15 is 0 Å². The first-order valence-corrected chi connectivity index (χ1v) is 7.89. The zero-order valence-electron chi connectivity index (χ0n) is 12.5. The third-order valence-electron chi connectivity index (χ3n) is 4.19. The lowest BCUT2D eigenvalue weighted by Crippen LogP contribution is -2.36. The average Bonchev–Trinajstić information content (AvgIpc) is 2.74. The van der Waals surface area contributed by atoms with Gasteiger partial charge in [-0.3, -0.25) is 4.79 Å². The van der Waals surface area contributed by atoms with Crippen LogP contribution in [0.25, 0.3) is 0 Å². The predicted molar refractivity (Wildman–Crippen MR) is 81.3 cm³/mol. The molecule has 1 heterocycles. The van der Waals surface area contributed by atoms with Crippen molar-refractivity contribution in [2.75, 3.05) is 0 Å². The Morgan fingerprint density at radius 1 is 1.40 bits per heavy atom. The minimum atomic E-state index is 0.0705. The standard InChI is InChI=1S/C16H27N3O/c1-2-15(17)13-9-10-19(11-13)12-16(20)18-14-7-5-3-4-6-8-14/h9-11,14-15H,2-8,12,17H2,1H3,(H,18,20). The topological polar surface area (TPSA) is 60.0 Å². The molecule has 1 unspecified atom stereocenters. The van der Waals surface area contributed by atoms with E-state index in [9.17, 15) is 4.79 Å². The van der Waals surface area contributed by atoms with Crippen LogP contribution in [0.1, 0.15) is 63.5 Å². The molecule has 20 heavy (non-hydrogen) atoms. The fraction of sp³-hybridized carbons (Fsp3) is 0.688. The summed E-state index contributed by atoms with van der Waals surface area (Å²) in [7, 11) is 0. The van der Waals surface area contributed by atoms with E-state index in [2.05, 4.69) is 12.2 Å². The molecule has 0 saturated heterocycles. The summed E-state index contributed by atoms with van der Waals surface area (Å²) in [4.78, 5) is 12.1. The summed E-state index contributed by atoms with van der Waals surface area (Å²) < 4.78 is 1.93. The number of nitrogens with zero attached hydrogens (tertiary/aromatic N) is 1. The Kier molecular flexibility index (Phi) is 5.65. The van der Waals surface area contributed by atoms with Crippen LogP contribution in [-0.4, -0.2) is 16.5 Å². The summed E-state index contributed by atoms with van der Waals surface area (Å²) in [6, 6.07) is 2.45. The Morgan fingerprint density at radius 3 is 2.75 bits per heavy atom. The first kappa shape index (κ1) is 15.1. The second kappa shape index (κ2) is 7.48. The minimum Gasteiger partial charge on any atom is -0.352 e. The second-order valence-corrected chi connectivity index (χ2v) is 5.89. The predicted octanol–water partition coefficient (Wildman–Crippen LogP) is 2.74. The van der Waals surface area contributed by atoms with Gasteiger partial charge in [-0.25, -0.2) is 0 Å². The number of aromatic nitrogens is 1. The van der Waals surface area contributed by atoms with Crippen LogP contribution in [0.15, 0.2) is 18.5 Å². The van der Waals surface area contributed by atoms with Crippen LogP contribution in [0, 0.1) is 0 Å². The highest BCUT2D eigenvalue weighted by molar-refractivity contribution is 5.76. The van der Waals surface area contributed by atoms with Gasteiger partial charge in [-0.05, 0) is 30.9 Å². The van der Waals surface area contributed by atoms with Crippen molar-refractivity contribution in [3.8, 4) is 0 Å². The summed E-state index contributed by atoms with van der Waals surface area (Å²) in [5, 5.41) is 3.17. The van der Waals surface area contributed by atoms with Crippen LogP contribution >= 0.6 is 0 Å². The van der Waals surface area contributed by atoms with Crippen molar-refractivity contribution in [3.63, 3.8) is 0 Å². The zero-order chi connectivity index (χ0) is 14.4. The molecule has 4 nitrogen and oxygen atoms in total. The van der Waals surface area contributed by atoms with Crippen molar-refractivity contribution in [2.24, 2.45) is 5.73 Å². The first-order chi connectivity index (χ1) is 9.69. The van der Waals surface area contributed by atoms with E-state index in [4.69, 9.17) is 5.73 Å². The smallest absolute Gasteiger partial charge is 0.240 e. The number of amides is 1. The van der Waals surface area contributed by atoms with Gasteiger partial charge in [0.1, 0.15) is 6.54 Å². The van der Waals surface area contributed by atoms with Gasteiger partial charge in [0, 0.05) is 24.5 Å². The van der Waals surface area contributed by atoms with Crippen LogP contribution in [-0.2, 0) is 11.3 Å². The van der Waals surface area contributed by atoms with E-state index < -0.39 is 0 Å². The molecule has 0 aliphatic heterocycles. The van der Waals surface area contributed by atoms with Crippen molar-refractivity contribution in [1.29, 1.82) is 0 Å². The molecule has 112 valence electrons. The third kappa shape index (κ3) is 4.37. The molecule has 1 saturated carbocycles. The van der Waals surface area contributed by atoms with Gasteiger partial charge in [0.25, 0.3) is 0 Å². The highest BCUT2D eigenvalue weighted by Crippen LogP contribution is 2.17. The summed E-state index contributed by atoms with van der Waals surface area (Å²) in [6.07, 6.45) is 12.2. The van der Waals surface area contributed by atoms with Crippen molar-refractivity contribution < 1.29 is 4.79 Å². The van der Waals surface area contributed by atoms with Crippen LogP contribution in [0.2, 0.25) is 0 Å². The van der Waals surface area contributed by atoms with Gasteiger partial charge in [-0.15, -0.1) is 0 Å². The zero-order valence-corrected chi connectivity index (χ0v) is 12.5. The van der Waals surface area contributed by atoms with Gasteiger partial charge in [0.15, 0.2) is 0 Å². The van der Waals surface area contributed by atoms with E-state index in [-0.39, 0.29) is 11.9 Å². The second-order valence-electron chi connectivity index (χ2n) is 5.89. The maximum atomic E-state index is 12.1. The Hall–Kier alpha value is -1.29. The third-order valence-corrected chi connectivity index (χ3v) is 4.19. The monoisotopic (exact) mass is 277 g/mol. The van der Waals surface area contributed by atoms with E-state index in [1.165, 1.54) is 25.7 Å². The number of carbonyl (C=O) groups excluding carboxylic acids is 1. The molecule has 0 bridgehead atoms. The van der Waals surface area contributed by atoms with Gasteiger partial charge in [-0.2, -0.15) is 0 Å². The molecule has 1 aliphatic carbocycles. The van der Waals surface area contributed by atoms with Crippen molar-refractivity contribution in [1.82, 2.24) is 9.88 Å². The van der Waals surface area contributed by atoms with Gasteiger partial charge in [0.2, 0.25) is 5.91 Å². The van der Waals surface area contributed by atoms with Crippen LogP contribution < -0.4 is 11.1 Å². The number of nitrogens with two attached hydrogens (primary N) is 1. The molecule has 0 radical (unpaired) electrons. The highest BCUT2D eigenvalue weighted by atomic mass is 16.2. The van der Waals surface area contributed by atoms with Crippen LogP contribution in [0.3, 0.4) is 0 Å². The molecule has 1 amide bonds. The summed E-state index contributed by atoms with van der Waals surface area (Å²) in [5.74, 6) is 0.115. The molecule has 1 fully saturated rings. The quantitative estimate of drug-likeness (QED) is 0.813. The Morgan fingerprint density at radius 2 is 2.10 bits per heavy atom. The summed E-state index contributed by atoms with van der Waals surface area (Å²) in [6.45, 7) is 2.47. The lowest BCUT2D eigenvalue weighted by atomic mass is 10.1. The molecule has 1 aromatic heterocycles. The minimum absolute atomic E-state index is 0.0705. The van der Waals surface area contributed by atoms with E-state index in [0.717, 1.165) is 24.8 Å². The fourth-order valence-corrected chi connectivity index (χ4v) is 2.88. The number of nitrogens with one attached hydrogen (secondary N) is 1. The van der Waals surface area contributed by atoms with Crippen LogP contribution in [0.4, 0.5) is 0 Å². The number of carbonyl (C=O) groups is 1. The first-order valence-electron chi connectivity index (χ1n) is 7.89. The SMILES string of the molecule is CCC(N)c1ccn(CC(=O)NC2CCCCCC2)c1. The molecule has 0 spiro atoms. The highest BCUT2D eigenvalue weighted by Gasteiger charge is 2.15. The number of hydrogen-bond donors (Lipinski definition) is 2. The largest absolute Gasteiger partial charge is 0.352 e. The normalized spacial score (nSPS) is 18.5. The van der Waals surface area contributed by atoms with E-state index in [0.29, 0.717) is 12.6 Å².